The van der Waals surface area contributed by atoms with Gasteiger partial charge in [0.15, 0.2) is 6.29 Å². The molecule has 0 atom stereocenters. The summed E-state index contributed by atoms with van der Waals surface area (Å²) in [6.07, 6.45) is 4.82. The van der Waals surface area contributed by atoms with Crippen LogP contribution in [0.2, 0.25) is 0 Å². The summed E-state index contributed by atoms with van der Waals surface area (Å²) in [6.45, 7) is 7.35. The minimum atomic E-state index is -0.246. The van der Waals surface area contributed by atoms with E-state index in [1.165, 1.54) is 16.7 Å². The molecule has 0 aromatic heterocycles. The van der Waals surface area contributed by atoms with Crippen molar-refractivity contribution in [3.8, 4) is 0 Å². The molecule has 0 bridgehead atoms. The van der Waals surface area contributed by atoms with Gasteiger partial charge in [0.05, 0.1) is 13.2 Å². The summed E-state index contributed by atoms with van der Waals surface area (Å²) < 4.78 is 11.9. The first kappa shape index (κ1) is 16.9. The molecule has 2 aromatic carbocycles. The second-order valence-corrected chi connectivity index (χ2v) is 6.36. The zero-order chi connectivity index (χ0) is 16.8. The van der Waals surface area contributed by atoms with Crippen LogP contribution in [-0.2, 0) is 22.3 Å². The fourth-order valence-corrected chi connectivity index (χ4v) is 3.02. The lowest BCUT2D eigenvalue weighted by molar-refractivity contribution is -0.191. The summed E-state index contributed by atoms with van der Waals surface area (Å²) in [5.41, 5.74) is 5.08. The molecule has 1 saturated heterocycles. The minimum absolute atomic E-state index is 0.246. The Morgan fingerprint density at radius 1 is 0.917 bits per heavy atom. The van der Waals surface area contributed by atoms with Gasteiger partial charge < -0.3 is 9.47 Å². The smallest absolute Gasteiger partial charge is 0.183 e. The van der Waals surface area contributed by atoms with E-state index in [0.29, 0.717) is 19.1 Å². The predicted molar refractivity (Wildman–Crippen MR) is 98.2 cm³/mol. The highest BCUT2D eigenvalue weighted by Gasteiger charge is 2.24. The molecule has 1 fully saturated rings. The quantitative estimate of drug-likeness (QED) is 0.681. The first-order valence-corrected chi connectivity index (χ1v) is 8.82. The molecule has 0 spiro atoms. The Labute approximate surface area is 145 Å². The number of rotatable bonds is 6. The van der Waals surface area contributed by atoms with Crippen LogP contribution in [0.1, 0.15) is 47.8 Å². The first-order chi connectivity index (χ1) is 11.8. The Hall–Kier alpha value is -1.90. The third-order valence-electron chi connectivity index (χ3n) is 4.65. The Kier molecular flexibility index (Phi) is 5.84. The molecular weight excluding hydrogens is 296 g/mol. The van der Waals surface area contributed by atoms with Crippen molar-refractivity contribution in [2.24, 2.45) is 0 Å². The van der Waals surface area contributed by atoms with Crippen LogP contribution in [0.3, 0.4) is 0 Å². The van der Waals surface area contributed by atoms with E-state index in [1.807, 2.05) is 6.08 Å². The maximum atomic E-state index is 5.97. The monoisotopic (exact) mass is 322 g/mol. The van der Waals surface area contributed by atoms with Crippen molar-refractivity contribution in [2.45, 2.75) is 38.4 Å². The Balaban J connectivity index is 1.56. The van der Waals surface area contributed by atoms with Gasteiger partial charge >= 0.3 is 0 Å². The molecule has 0 amide bonds. The van der Waals surface area contributed by atoms with E-state index in [9.17, 15) is 0 Å². The maximum absolute atomic E-state index is 5.97. The topological polar surface area (TPSA) is 18.5 Å². The van der Waals surface area contributed by atoms with Crippen LogP contribution in [0, 0.1) is 0 Å². The third kappa shape index (κ3) is 4.14. The summed E-state index contributed by atoms with van der Waals surface area (Å²) in [5.74, 6) is 0.319. The van der Waals surface area contributed by atoms with Crippen molar-refractivity contribution in [3.05, 3.63) is 83.4 Å². The van der Waals surface area contributed by atoms with Crippen LogP contribution in [0.15, 0.2) is 61.2 Å². The van der Waals surface area contributed by atoms with Crippen LogP contribution in [-0.4, -0.2) is 13.2 Å². The Morgan fingerprint density at radius 3 is 2.08 bits per heavy atom. The molecule has 1 aliphatic rings. The zero-order valence-electron chi connectivity index (χ0n) is 14.4. The number of hydrogen-bond acceptors (Lipinski definition) is 2. The van der Waals surface area contributed by atoms with E-state index in [4.69, 9.17) is 9.47 Å². The molecule has 0 N–H and O–H groups in total. The molecule has 2 nitrogen and oxygen atoms in total. The van der Waals surface area contributed by atoms with Crippen LogP contribution < -0.4 is 0 Å². The number of allylic oxidation sites excluding steroid dienone is 1. The summed E-state index contributed by atoms with van der Waals surface area (Å²) in [6, 6.07) is 17.3. The fourth-order valence-electron chi connectivity index (χ4n) is 3.02. The second-order valence-electron chi connectivity index (χ2n) is 6.36. The van der Waals surface area contributed by atoms with Crippen molar-refractivity contribution < 1.29 is 9.47 Å². The lowest BCUT2D eigenvalue weighted by Crippen LogP contribution is -2.25. The standard InChI is InChI=1S/C22H26O2/c1-3-5-6-18-9-13-20(14-10-18)22-23-15-21(16-24-22)19-11-7-17(4-2)8-12-19/h3,7-14,21-22H,1,4-6,15-16H2,2H3. The van der Waals surface area contributed by atoms with Crippen molar-refractivity contribution in [2.75, 3.05) is 13.2 Å². The van der Waals surface area contributed by atoms with Gasteiger partial charge in [-0.15, -0.1) is 6.58 Å². The van der Waals surface area contributed by atoms with Gasteiger partial charge in [-0.25, -0.2) is 0 Å². The molecule has 0 radical (unpaired) electrons. The van der Waals surface area contributed by atoms with Crippen LogP contribution >= 0.6 is 0 Å². The molecule has 3 rings (SSSR count). The molecule has 126 valence electrons. The highest BCUT2D eigenvalue weighted by Crippen LogP contribution is 2.30. The van der Waals surface area contributed by atoms with Gasteiger partial charge in [-0.3, -0.25) is 0 Å². The third-order valence-corrected chi connectivity index (χ3v) is 4.65. The fraction of sp³-hybridized carbons (Fsp3) is 0.364. The average Bonchev–Trinajstić information content (AvgIpc) is 2.67. The molecule has 2 heteroatoms. The van der Waals surface area contributed by atoms with Crippen molar-refractivity contribution in [1.82, 2.24) is 0 Å². The molecule has 2 aromatic rings. The predicted octanol–water partition coefficient (Wildman–Crippen LogP) is 5.20. The molecule has 24 heavy (non-hydrogen) atoms. The van der Waals surface area contributed by atoms with Gasteiger partial charge in [0.2, 0.25) is 0 Å². The maximum Gasteiger partial charge on any atom is 0.183 e. The van der Waals surface area contributed by atoms with Gasteiger partial charge in [-0.2, -0.15) is 0 Å². The largest absolute Gasteiger partial charge is 0.348 e. The normalized spacial score (nSPS) is 20.7. The molecule has 0 saturated carbocycles. The molecule has 1 heterocycles. The summed E-state index contributed by atoms with van der Waals surface area (Å²) in [7, 11) is 0. The molecule has 0 unspecified atom stereocenters. The molecule has 0 aliphatic carbocycles. The van der Waals surface area contributed by atoms with E-state index in [1.54, 1.807) is 0 Å². The van der Waals surface area contributed by atoms with Gasteiger partial charge in [0.1, 0.15) is 0 Å². The number of aryl methyl sites for hydroxylation is 2. The highest BCUT2D eigenvalue weighted by atomic mass is 16.7. The first-order valence-electron chi connectivity index (χ1n) is 8.82. The number of benzene rings is 2. The van der Waals surface area contributed by atoms with Crippen molar-refractivity contribution >= 4 is 0 Å². The highest BCUT2D eigenvalue weighted by molar-refractivity contribution is 5.27. The SMILES string of the molecule is C=CCCc1ccc(C2OCC(c3ccc(CC)cc3)CO2)cc1. The number of ether oxygens (including phenoxy) is 2. The van der Waals surface area contributed by atoms with Gasteiger partial charge in [0.25, 0.3) is 0 Å². The zero-order valence-corrected chi connectivity index (χ0v) is 14.4. The lowest BCUT2D eigenvalue weighted by atomic mass is 9.98. The number of hydrogen-bond donors (Lipinski definition) is 0. The van der Waals surface area contributed by atoms with Crippen LogP contribution in [0.5, 0.6) is 0 Å². The summed E-state index contributed by atoms with van der Waals surface area (Å²) in [5, 5.41) is 0. The van der Waals surface area contributed by atoms with Crippen molar-refractivity contribution in [1.29, 1.82) is 0 Å². The summed E-state index contributed by atoms with van der Waals surface area (Å²) >= 11 is 0. The average molecular weight is 322 g/mol. The van der Waals surface area contributed by atoms with E-state index < -0.39 is 0 Å². The van der Waals surface area contributed by atoms with E-state index in [2.05, 4.69) is 62.0 Å². The molecule has 1 aliphatic heterocycles. The Bertz CT molecular complexity index is 635. The minimum Gasteiger partial charge on any atom is -0.348 e. The van der Waals surface area contributed by atoms with E-state index in [0.717, 1.165) is 24.8 Å². The van der Waals surface area contributed by atoms with Gasteiger partial charge in [0, 0.05) is 11.5 Å². The van der Waals surface area contributed by atoms with Crippen LogP contribution in [0.4, 0.5) is 0 Å². The van der Waals surface area contributed by atoms with E-state index in [-0.39, 0.29) is 6.29 Å². The second kappa shape index (κ2) is 8.27. The Morgan fingerprint density at radius 2 is 1.50 bits per heavy atom. The van der Waals surface area contributed by atoms with Gasteiger partial charge in [-0.1, -0.05) is 61.5 Å². The lowest BCUT2D eigenvalue weighted by Gasteiger charge is -2.30. The van der Waals surface area contributed by atoms with Gasteiger partial charge in [-0.05, 0) is 36.0 Å². The van der Waals surface area contributed by atoms with E-state index >= 15 is 0 Å². The van der Waals surface area contributed by atoms with Crippen LogP contribution in [0.25, 0.3) is 0 Å². The van der Waals surface area contributed by atoms with Crippen molar-refractivity contribution in [3.63, 3.8) is 0 Å². The summed E-state index contributed by atoms with van der Waals surface area (Å²) in [4.78, 5) is 0. The molecular formula is C22H26O2.